The monoisotopic (exact) mass is 291 g/mol. The first-order valence-corrected chi connectivity index (χ1v) is 7.47. The molecule has 0 saturated carbocycles. The van der Waals surface area contributed by atoms with E-state index in [1.165, 1.54) is 16.7 Å². The normalized spacial score (nSPS) is 20.2. The first-order chi connectivity index (χ1) is 10.8. The molecule has 1 aliphatic heterocycles. The molecule has 1 N–H and O–H groups in total. The third-order valence-electron chi connectivity index (χ3n) is 4.21. The maximum Gasteiger partial charge on any atom is 0.243 e. The summed E-state index contributed by atoms with van der Waals surface area (Å²) in [6, 6.07) is 19.4. The quantitative estimate of drug-likeness (QED) is 0.788. The van der Waals surface area contributed by atoms with Crippen LogP contribution in [0.3, 0.4) is 0 Å². The van der Waals surface area contributed by atoms with Gasteiger partial charge in [-0.25, -0.2) is 4.68 Å². The predicted molar refractivity (Wildman–Crippen MR) is 84.6 cm³/mol. The van der Waals surface area contributed by atoms with E-state index in [9.17, 15) is 0 Å². The summed E-state index contributed by atoms with van der Waals surface area (Å²) in [6.45, 7) is 2.10. The number of rotatable bonds is 2. The number of aryl methyl sites for hydroxylation is 1. The van der Waals surface area contributed by atoms with Crippen molar-refractivity contribution in [3.8, 4) is 0 Å². The van der Waals surface area contributed by atoms with Crippen molar-refractivity contribution in [2.45, 2.75) is 25.4 Å². The summed E-state index contributed by atoms with van der Waals surface area (Å²) in [7, 11) is 0. The summed E-state index contributed by atoms with van der Waals surface area (Å²) in [5, 5.41) is 15.5. The molecule has 1 aliphatic rings. The summed E-state index contributed by atoms with van der Waals surface area (Å²) in [5.41, 5.74) is 3.75. The minimum Gasteiger partial charge on any atom is -0.346 e. The van der Waals surface area contributed by atoms with Crippen molar-refractivity contribution >= 4 is 5.95 Å². The number of anilines is 1. The van der Waals surface area contributed by atoms with Crippen LogP contribution in [0.5, 0.6) is 0 Å². The van der Waals surface area contributed by atoms with Crippen LogP contribution >= 0.6 is 0 Å². The van der Waals surface area contributed by atoms with Crippen molar-refractivity contribution in [1.82, 2.24) is 20.2 Å². The highest BCUT2D eigenvalue weighted by atomic mass is 15.6. The van der Waals surface area contributed by atoms with E-state index in [1.54, 1.807) is 0 Å². The number of hydrogen-bond donors (Lipinski definition) is 1. The summed E-state index contributed by atoms with van der Waals surface area (Å²) < 4.78 is 1.88. The first-order valence-electron chi connectivity index (χ1n) is 7.47. The number of aromatic nitrogens is 4. The molecule has 0 radical (unpaired) electrons. The second kappa shape index (κ2) is 5.26. The molecule has 5 heteroatoms. The molecule has 2 atom stereocenters. The predicted octanol–water partition coefficient (Wildman–Crippen LogP) is 3.13. The van der Waals surface area contributed by atoms with Crippen LogP contribution in [-0.4, -0.2) is 20.2 Å². The third-order valence-corrected chi connectivity index (χ3v) is 4.21. The van der Waals surface area contributed by atoms with Gasteiger partial charge in [-0.15, -0.1) is 0 Å². The number of nitrogens with one attached hydrogen (secondary N) is 1. The second-order valence-corrected chi connectivity index (χ2v) is 5.72. The maximum atomic E-state index is 4.16. The summed E-state index contributed by atoms with van der Waals surface area (Å²) in [5.74, 6) is 0.727. The molecular formula is C17H17N5. The molecule has 5 nitrogen and oxygen atoms in total. The summed E-state index contributed by atoms with van der Waals surface area (Å²) >= 11 is 0. The van der Waals surface area contributed by atoms with Crippen LogP contribution in [0.1, 0.15) is 35.2 Å². The van der Waals surface area contributed by atoms with E-state index < -0.39 is 0 Å². The van der Waals surface area contributed by atoms with Crippen molar-refractivity contribution in [1.29, 1.82) is 0 Å². The molecule has 4 rings (SSSR count). The van der Waals surface area contributed by atoms with Crippen molar-refractivity contribution in [3.63, 3.8) is 0 Å². The smallest absolute Gasteiger partial charge is 0.243 e. The zero-order valence-corrected chi connectivity index (χ0v) is 12.3. The Morgan fingerprint density at radius 1 is 1.00 bits per heavy atom. The van der Waals surface area contributed by atoms with Gasteiger partial charge in [0.1, 0.15) is 0 Å². The van der Waals surface area contributed by atoms with Crippen molar-refractivity contribution in [2.24, 2.45) is 0 Å². The lowest BCUT2D eigenvalue weighted by Gasteiger charge is -2.31. The van der Waals surface area contributed by atoms with Gasteiger partial charge in [-0.2, -0.15) is 0 Å². The third kappa shape index (κ3) is 2.24. The fraction of sp³-hybridized carbons (Fsp3) is 0.235. The Bertz CT molecular complexity index is 763. The maximum absolute atomic E-state index is 4.16. The van der Waals surface area contributed by atoms with Crippen LogP contribution in [0.15, 0.2) is 54.6 Å². The Labute approximate surface area is 129 Å². The van der Waals surface area contributed by atoms with Gasteiger partial charge >= 0.3 is 0 Å². The molecule has 2 heterocycles. The van der Waals surface area contributed by atoms with E-state index in [-0.39, 0.29) is 12.1 Å². The number of tetrazole rings is 1. The van der Waals surface area contributed by atoms with Gasteiger partial charge in [0, 0.05) is 0 Å². The lowest BCUT2D eigenvalue weighted by Crippen LogP contribution is -2.28. The van der Waals surface area contributed by atoms with Gasteiger partial charge in [0.2, 0.25) is 5.95 Å². The largest absolute Gasteiger partial charge is 0.346 e. The molecular weight excluding hydrogens is 274 g/mol. The van der Waals surface area contributed by atoms with E-state index in [1.807, 2.05) is 10.7 Å². The molecule has 0 amide bonds. The minimum atomic E-state index is 0.150. The molecule has 1 aromatic heterocycles. The highest BCUT2D eigenvalue weighted by molar-refractivity contribution is 5.37. The SMILES string of the molecule is Cc1ccc([C@H]2C[C@H](c3ccccc3)Nc3nnnn32)cc1. The minimum absolute atomic E-state index is 0.150. The average molecular weight is 291 g/mol. The molecule has 0 spiro atoms. The zero-order chi connectivity index (χ0) is 14.9. The van der Waals surface area contributed by atoms with Gasteiger partial charge in [0.25, 0.3) is 0 Å². The molecule has 22 heavy (non-hydrogen) atoms. The zero-order valence-electron chi connectivity index (χ0n) is 12.3. The van der Waals surface area contributed by atoms with Crippen LogP contribution in [-0.2, 0) is 0 Å². The molecule has 0 bridgehead atoms. The number of fused-ring (bicyclic) bond motifs is 1. The molecule has 3 aromatic rings. The first kappa shape index (κ1) is 13.0. The molecule has 0 fully saturated rings. The van der Waals surface area contributed by atoms with Crippen LogP contribution in [0.4, 0.5) is 5.95 Å². The van der Waals surface area contributed by atoms with Crippen molar-refractivity contribution in [2.75, 3.05) is 5.32 Å². The van der Waals surface area contributed by atoms with Crippen LogP contribution in [0, 0.1) is 6.92 Å². The fourth-order valence-corrected chi connectivity index (χ4v) is 3.01. The standard InChI is InChI=1S/C17H17N5/c1-12-7-9-14(10-8-12)16-11-15(13-5-3-2-4-6-13)18-17-19-20-21-22(16)17/h2-10,15-16H,11H2,1H3,(H,18,19,21)/t15-,16-/m1/s1. The molecule has 2 aromatic carbocycles. The number of benzene rings is 2. The molecule has 0 unspecified atom stereocenters. The Morgan fingerprint density at radius 3 is 2.55 bits per heavy atom. The topological polar surface area (TPSA) is 55.6 Å². The molecule has 0 saturated heterocycles. The van der Waals surface area contributed by atoms with E-state index in [4.69, 9.17) is 0 Å². The van der Waals surface area contributed by atoms with Gasteiger partial charge in [0.15, 0.2) is 0 Å². The highest BCUT2D eigenvalue weighted by Crippen LogP contribution is 2.36. The summed E-state index contributed by atoms with van der Waals surface area (Å²) in [4.78, 5) is 0. The molecule has 110 valence electrons. The van der Waals surface area contributed by atoms with Crippen LogP contribution in [0.2, 0.25) is 0 Å². The van der Waals surface area contributed by atoms with E-state index in [2.05, 4.69) is 76.3 Å². The van der Waals surface area contributed by atoms with Gasteiger partial charge in [0.05, 0.1) is 12.1 Å². The lowest BCUT2D eigenvalue weighted by molar-refractivity contribution is 0.424. The summed E-state index contributed by atoms with van der Waals surface area (Å²) in [6.07, 6.45) is 0.922. The molecule has 0 aliphatic carbocycles. The van der Waals surface area contributed by atoms with Gasteiger partial charge in [-0.05, 0) is 34.9 Å². The van der Waals surface area contributed by atoms with Crippen LogP contribution in [0.25, 0.3) is 0 Å². The Kier molecular flexibility index (Phi) is 3.11. The Morgan fingerprint density at radius 2 is 1.77 bits per heavy atom. The van der Waals surface area contributed by atoms with Gasteiger partial charge in [-0.1, -0.05) is 65.3 Å². The average Bonchev–Trinajstić information content (AvgIpc) is 3.04. The van der Waals surface area contributed by atoms with Gasteiger partial charge in [-0.3, -0.25) is 0 Å². The number of nitrogens with zero attached hydrogens (tertiary/aromatic N) is 4. The van der Waals surface area contributed by atoms with Crippen molar-refractivity contribution < 1.29 is 0 Å². The van der Waals surface area contributed by atoms with E-state index in [0.717, 1.165) is 12.4 Å². The van der Waals surface area contributed by atoms with Crippen molar-refractivity contribution in [3.05, 3.63) is 71.3 Å². The van der Waals surface area contributed by atoms with Crippen LogP contribution < -0.4 is 5.32 Å². The fourth-order valence-electron chi connectivity index (χ4n) is 3.01. The number of hydrogen-bond acceptors (Lipinski definition) is 4. The van der Waals surface area contributed by atoms with Gasteiger partial charge < -0.3 is 5.32 Å². The lowest BCUT2D eigenvalue weighted by atomic mass is 9.93. The van der Waals surface area contributed by atoms with E-state index in [0.29, 0.717) is 0 Å². The second-order valence-electron chi connectivity index (χ2n) is 5.72. The Balaban J connectivity index is 1.73. The Hall–Kier alpha value is -2.69. The van der Waals surface area contributed by atoms with E-state index >= 15 is 0 Å². The highest BCUT2D eigenvalue weighted by Gasteiger charge is 2.30.